The molecule has 0 bridgehead atoms. The highest BCUT2D eigenvalue weighted by Gasteiger charge is 2.15. The van der Waals surface area contributed by atoms with Crippen molar-refractivity contribution in [3.8, 4) is 0 Å². The summed E-state index contributed by atoms with van der Waals surface area (Å²) in [5.41, 5.74) is 0.368. The van der Waals surface area contributed by atoms with Crippen LogP contribution in [0.2, 0.25) is 10.3 Å². The van der Waals surface area contributed by atoms with Crippen LogP contribution < -0.4 is 5.32 Å². The highest BCUT2D eigenvalue weighted by atomic mass is 35.5. The van der Waals surface area contributed by atoms with E-state index in [9.17, 15) is 4.79 Å². The lowest BCUT2D eigenvalue weighted by Gasteiger charge is -2.30. The second-order valence-electron chi connectivity index (χ2n) is 5.61. The maximum atomic E-state index is 12.0. The number of halogens is 2. The van der Waals surface area contributed by atoms with Crippen molar-refractivity contribution in [2.45, 2.75) is 26.2 Å². The minimum absolute atomic E-state index is 0.144. The Morgan fingerprint density at radius 3 is 2.76 bits per heavy atom. The highest BCUT2D eigenvalue weighted by molar-refractivity contribution is 6.34. The average molecular weight is 330 g/mol. The van der Waals surface area contributed by atoms with Crippen LogP contribution in [0.5, 0.6) is 0 Å². The van der Waals surface area contributed by atoms with Gasteiger partial charge in [-0.15, -0.1) is 0 Å². The fraction of sp³-hybridized carbons (Fsp3) is 0.600. The molecule has 2 heterocycles. The van der Waals surface area contributed by atoms with Crippen LogP contribution in [-0.4, -0.2) is 42.0 Å². The number of carbonyl (C=O) groups excluding carboxylic acids is 1. The quantitative estimate of drug-likeness (QED) is 0.666. The van der Waals surface area contributed by atoms with E-state index in [4.69, 9.17) is 23.2 Å². The zero-order chi connectivity index (χ0) is 15.2. The van der Waals surface area contributed by atoms with Gasteiger partial charge in [0.2, 0.25) is 0 Å². The molecule has 1 aromatic heterocycles. The van der Waals surface area contributed by atoms with Crippen molar-refractivity contribution in [2.75, 3.05) is 26.2 Å². The van der Waals surface area contributed by atoms with Gasteiger partial charge in [-0.1, -0.05) is 30.1 Å². The van der Waals surface area contributed by atoms with Crippen molar-refractivity contribution in [1.29, 1.82) is 0 Å². The first-order valence-electron chi connectivity index (χ1n) is 7.39. The summed E-state index contributed by atoms with van der Waals surface area (Å²) >= 11 is 11.6. The Morgan fingerprint density at radius 1 is 1.38 bits per heavy atom. The second kappa shape index (κ2) is 7.97. The summed E-state index contributed by atoms with van der Waals surface area (Å²) in [6, 6.07) is 3.16. The van der Waals surface area contributed by atoms with E-state index in [1.54, 1.807) is 12.1 Å². The molecule has 1 aromatic rings. The Hall–Kier alpha value is -0.840. The van der Waals surface area contributed by atoms with E-state index in [2.05, 4.69) is 22.1 Å². The van der Waals surface area contributed by atoms with Gasteiger partial charge in [0.05, 0.1) is 5.56 Å². The van der Waals surface area contributed by atoms with E-state index >= 15 is 0 Å². The van der Waals surface area contributed by atoms with Crippen LogP contribution in [-0.2, 0) is 0 Å². The molecule has 1 aliphatic heterocycles. The number of amides is 1. The Labute approximate surface area is 135 Å². The number of likely N-dealkylation sites (tertiary alicyclic amines) is 1. The number of rotatable bonds is 5. The summed E-state index contributed by atoms with van der Waals surface area (Å²) in [7, 11) is 0. The number of piperidine rings is 1. The van der Waals surface area contributed by atoms with Crippen molar-refractivity contribution in [2.24, 2.45) is 5.92 Å². The van der Waals surface area contributed by atoms with Crippen LogP contribution >= 0.6 is 23.2 Å². The highest BCUT2D eigenvalue weighted by Crippen LogP contribution is 2.17. The van der Waals surface area contributed by atoms with Gasteiger partial charge >= 0.3 is 0 Å². The van der Waals surface area contributed by atoms with Crippen LogP contribution in [0.15, 0.2) is 12.1 Å². The van der Waals surface area contributed by atoms with Gasteiger partial charge in [-0.25, -0.2) is 4.98 Å². The maximum absolute atomic E-state index is 12.0. The van der Waals surface area contributed by atoms with Gasteiger partial charge in [0.1, 0.15) is 10.3 Å². The van der Waals surface area contributed by atoms with Gasteiger partial charge in [-0.2, -0.15) is 0 Å². The molecule has 1 saturated heterocycles. The molecule has 0 radical (unpaired) electrons. The molecule has 2 rings (SSSR count). The van der Waals surface area contributed by atoms with Crippen LogP contribution in [0, 0.1) is 5.92 Å². The van der Waals surface area contributed by atoms with Gasteiger partial charge in [-0.05, 0) is 56.9 Å². The molecule has 116 valence electrons. The number of carbonyl (C=O) groups is 1. The van der Waals surface area contributed by atoms with E-state index in [1.165, 1.54) is 25.9 Å². The van der Waals surface area contributed by atoms with Crippen molar-refractivity contribution in [3.63, 3.8) is 0 Å². The minimum Gasteiger partial charge on any atom is -0.352 e. The Bertz CT molecular complexity index is 488. The predicted octanol–water partition coefficient (Wildman–Crippen LogP) is 3.24. The SMILES string of the molecule is CC1CCN(CCCNC(=O)c2ccc(Cl)nc2Cl)CC1. The number of nitrogens with one attached hydrogen (secondary N) is 1. The van der Waals surface area contributed by atoms with Gasteiger partial charge in [0, 0.05) is 6.54 Å². The number of pyridine rings is 1. The molecule has 0 atom stereocenters. The minimum atomic E-state index is -0.198. The predicted molar refractivity (Wildman–Crippen MR) is 86.0 cm³/mol. The Balaban J connectivity index is 1.69. The first kappa shape index (κ1) is 16.5. The molecule has 0 aromatic carbocycles. The Kier molecular flexibility index (Phi) is 6.27. The maximum Gasteiger partial charge on any atom is 0.254 e. The van der Waals surface area contributed by atoms with Crippen LogP contribution in [0.25, 0.3) is 0 Å². The lowest BCUT2D eigenvalue weighted by Crippen LogP contribution is -2.35. The van der Waals surface area contributed by atoms with E-state index < -0.39 is 0 Å². The zero-order valence-electron chi connectivity index (χ0n) is 12.2. The summed E-state index contributed by atoms with van der Waals surface area (Å²) in [5.74, 6) is 0.650. The van der Waals surface area contributed by atoms with Crippen molar-refractivity contribution in [3.05, 3.63) is 28.0 Å². The molecule has 0 saturated carbocycles. The summed E-state index contributed by atoms with van der Waals surface area (Å²) in [6.07, 6.45) is 3.50. The van der Waals surface area contributed by atoms with Crippen molar-refractivity contribution >= 4 is 29.1 Å². The monoisotopic (exact) mass is 329 g/mol. The third kappa shape index (κ3) is 5.13. The van der Waals surface area contributed by atoms with Crippen LogP contribution in [0.3, 0.4) is 0 Å². The molecule has 0 unspecified atom stereocenters. The van der Waals surface area contributed by atoms with E-state index in [-0.39, 0.29) is 16.2 Å². The molecule has 1 fully saturated rings. The molecule has 0 aliphatic carbocycles. The Morgan fingerprint density at radius 2 is 2.10 bits per heavy atom. The van der Waals surface area contributed by atoms with Crippen molar-refractivity contribution in [1.82, 2.24) is 15.2 Å². The molecule has 1 N–H and O–H groups in total. The molecule has 6 heteroatoms. The standard InChI is InChI=1S/C15H21Cl2N3O/c1-11-5-9-20(10-6-11)8-2-7-18-15(21)12-3-4-13(16)19-14(12)17/h3-4,11H,2,5-10H2,1H3,(H,18,21). The second-order valence-corrected chi connectivity index (χ2v) is 6.35. The molecule has 1 aliphatic rings. The first-order valence-corrected chi connectivity index (χ1v) is 8.14. The van der Waals surface area contributed by atoms with Gasteiger partial charge in [0.25, 0.3) is 5.91 Å². The third-order valence-electron chi connectivity index (χ3n) is 3.87. The van der Waals surface area contributed by atoms with Gasteiger partial charge < -0.3 is 10.2 Å². The first-order chi connectivity index (χ1) is 10.1. The molecule has 1 amide bonds. The summed E-state index contributed by atoms with van der Waals surface area (Å²) in [5, 5.41) is 3.31. The topological polar surface area (TPSA) is 45.2 Å². The third-order valence-corrected chi connectivity index (χ3v) is 4.37. The molecule has 21 heavy (non-hydrogen) atoms. The van der Waals surface area contributed by atoms with Gasteiger partial charge in [-0.3, -0.25) is 4.79 Å². The molecule has 4 nitrogen and oxygen atoms in total. The van der Waals surface area contributed by atoms with Crippen LogP contribution in [0.1, 0.15) is 36.5 Å². The molecule has 0 spiro atoms. The lowest BCUT2D eigenvalue weighted by molar-refractivity contribution is 0.0950. The van der Waals surface area contributed by atoms with Crippen LogP contribution in [0.4, 0.5) is 0 Å². The molecular formula is C15H21Cl2N3O. The normalized spacial score (nSPS) is 16.9. The summed E-state index contributed by atoms with van der Waals surface area (Å²) in [6.45, 7) is 6.31. The fourth-order valence-electron chi connectivity index (χ4n) is 2.47. The smallest absolute Gasteiger partial charge is 0.254 e. The summed E-state index contributed by atoms with van der Waals surface area (Å²) < 4.78 is 0. The lowest BCUT2D eigenvalue weighted by atomic mass is 9.99. The number of aromatic nitrogens is 1. The molecular weight excluding hydrogens is 309 g/mol. The zero-order valence-corrected chi connectivity index (χ0v) is 13.8. The largest absolute Gasteiger partial charge is 0.352 e. The fourth-order valence-corrected chi connectivity index (χ4v) is 2.90. The van der Waals surface area contributed by atoms with Crippen molar-refractivity contribution < 1.29 is 4.79 Å². The summed E-state index contributed by atoms with van der Waals surface area (Å²) in [4.78, 5) is 18.3. The van der Waals surface area contributed by atoms with E-state index in [1.807, 2.05) is 0 Å². The van der Waals surface area contributed by atoms with E-state index in [0.717, 1.165) is 18.9 Å². The number of nitrogens with zero attached hydrogens (tertiary/aromatic N) is 2. The average Bonchev–Trinajstić information content (AvgIpc) is 2.45. The number of hydrogen-bond donors (Lipinski definition) is 1. The number of hydrogen-bond acceptors (Lipinski definition) is 3. The van der Waals surface area contributed by atoms with E-state index in [0.29, 0.717) is 12.1 Å². The van der Waals surface area contributed by atoms with Gasteiger partial charge in [0.15, 0.2) is 0 Å².